The first-order valence-electron chi connectivity index (χ1n) is 8.48. The second-order valence-electron chi connectivity index (χ2n) is 6.35. The molecule has 3 aliphatic rings. The van der Waals surface area contributed by atoms with Crippen molar-refractivity contribution in [3.8, 4) is 0 Å². The maximum Gasteiger partial charge on any atom is 0.303 e. The maximum absolute atomic E-state index is 11.6. The average molecular weight is 386 g/mol. The number of aliphatic imine (C=N–C) groups is 1. The lowest BCUT2D eigenvalue weighted by Crippen LogP contribution is -2.59. The van der Waals surface area contributed by atoms with Gasteiger partial charge < -0.3 is 23.8 Å². The summed E-state index contributed by atoms with van der Waals surface area (Å²) in [6.45, 7) is 5.58. The monoisotopic (exact) mass is 386 g/mol. The minimum absolute atomic E-state index is 0.103. The van der Waals surface area contributed by atoms with E-state index in [-0.39, 0.29) is 6.61 Å². The molecule has 0 spiro atoms. The molecular formula is C16H22N2O7S. The number of carbonyl (C=O) groups is 3. The number of ether oxygens (including phenoxy) is 4. The van der Waals surface area contributed by atoms with Crippen LogP contribution in [0.15, 0.2) is 4.99 Å². The van der Waals surface area contributed by atoms with Crippen LogP contribution >= 0.6 is 11.8 Å². The molecule has 3 rings (SSSR count). The van der Waals surface area contributed by atoms with Gasteiger partial charge in [0.2, 0.25) is 0 Å². The molecule has 3 aliphatic heterocycles. The number of hydrogen-bond acceptors (Lipinski definition) is 10. The fraction of sp³-hybridized carbons (Fsp3) is 0.750. The summed E-state index contributed by atoms with van der Waals surface area (Å²) in [6.07, 6.45) is -1.35. The van der Waals surface area contributed by atoms with Gasteiger partial charge in [-0.05, 0) is 6.42 Å². The van der Waals surface area contributed by atoms with Crippen molar-refractivity contribution < 1.29 is 33.3 Å². The lowest BCUT2D eigenvalue weighted by molar-refractivity contribution is -0.208. The molecule has 0 saturated carbocycles. The van der Waals surface area contributed by atoms with E-state index < -0.39 is 47.7 Å². The summed E-state index contributed by atoms with van der Waals surface area (Å²) in [5.41, 5.74) is -0.401. The number of thioether (sulfide) groups is 1. The third-order valence-electron chi connectivity index (χ3n) is 4.28. The Kier molecular flexibility index (Phi) is 5.71. The van der Waals surface area contributed by atoms with Gasteiger partial charge in [0.25, 0.3) is 0 Å². The maximum atomic E-state index is 11.6. The van der Waals surface area contributed by atoms with Crippen molar-refractivity contribution in [3.05, 3.63) is 0 Å². The van der Waals surface area contributed by atoms with Crippen molar-refractivity contribution in [2.75, 3.05) is 19.7 Å². The summed E-state index contributed by atoms with van der Waals surface area (Å²) in [4.78, 5) is 41.2. The Balaban J connectivity index is 1.84. The Labute approximate surface area is 155 Å². The molecule has 26 heavy (non-hydrogen) atoms. The minimum atomic E-state index is -0.905. The van der Waals surface area contributed by atoms with Crippen LogP contribution in [0, 0.1) is 0 Å². The van der Waals surface area contributed by atoms with E-state index in [0.717, 1.165) is 24.7 Å². The summed E-state index contributed by atoms with van der Waals surface area (Å²) in [5.74, 6) is -1.52. The van der Waals surface area contributed by atoms with Crippen LogP contribution in [0.4, 0.5) is 0 Å². The number of amidine groups is 1. The second-order valence-corrected chi connectivity index (χ2v) is 7.42. The summed E-state index contributed by atoms with van der Waals surface area (Å²) in [6, 6.07) is -0.488. The van der Waals surface area contributed by atoms with Crippen LogP contribution in [0.5, 0.6) is 0 Å². The molecule has 2 fully saturated rings. The first-order valence-corrected chi connectivity index (χ1v) is 9.36. The topological polar surface area (TPSA) is 104 Å². The first-order chi connectivity index (χ1) is 12.3. The van der Waals surface area contributed by atoms with Gasteiger partial charge in [0.1, 0.15) is 24.2 Å². The Morgan fingerprint density at radius 2 is 1.77 bits per heavy atom. The zero-order valence-corrected chi connectivity index (χ0v) is 15.7. The number of carbonyl (C=O) groups excluding carboxylic acids is 3. The van der Waals surface area contributed by atoms with Crippen molar-refractivity contribution >= 4 is 34.8 Å². The van der Waals surface area contributed by atoms with Crippen LogP contribution in [-0.4, -0.2) is 77.5 Å². The fourth-order valence-electron chi connectivity index (χ4n) is 3.04. The molecule has 9 nitrogen and oxygen atoms in total. The van der Waals surface area contributed by atoms with Gasteiger partial charge in [0, 0.05) is 33.9 Å². The minimum Gasteiger partial charge on any atom is -0.463 e. The van der Waals surface area contributed by atoms with E-state index in [1.54, 1.807) is 0 Å². The Hall–Kier alpha value is -1.81. The summed E-state index contributed by atoms with van der Waals surface area (Å²) < 4.78 is 21.9. The van der Waals surface area contributed by atoms with Gasteiger partial charge in [-0.25, -0.2) is 0 Å². The zero-order valence-electron chi connectivity index (χ0n) is 14.9. The van der Waals surface area contributed by atoms with Crippen molar-refractivity contribution in [2.24, 2.45) is 4.99 Å². The highest BCUT2D eigenvalue weighted by atomic mass is 32.2. The average Bonchev–Trinajstić information content (AvgIpc) is 2.88. The Morgan fingerprint density at radius 3 is 2.31 bits per heavy atom. The van der Waals surface area contributed by atoms with Crippen molar-refractivity contribution in [3.63, 3.8) is 0 Å². The SMILES string of the molecule is CC(=O)OCC1OC2SC(N3CCC3)=N[C@@H]2[C@@H](OC(C)=O)C1OC(C)=O. The lowest BCUT2D eigenvalue weighted by Gasteiger charge is -2.41. The molecule has 10 heteroatoms. The van der Waals surface area contributed by atoms with Crippen LogP contribution in [0.1, 0.15) is 27.2 Å². The quantitative estimate of drug-likeness (QED) is 0.499. The molecule has 0 N–H and O–H groups in total. The van der Waals surface area contributed by atoms with Gasteiger partial charge in [-0.2, -0.15) is 0 Å². The molecule has 3 unspecified atom stereocenters. The van der Waals surface area contributed by atoms with E-state index in [2.05, 4.69) is 9.89 Å². The standard InChI is InChI=1S/C16H22N2O7S/c1-8(19)22-7-11-13(23-9(2)20)14(24-10(3)21)12-15(25-11)26-16(17-12)18-5-4-6-18/h11-15H,4-7H2,1-3H3/t11?,12-,13?,14-,15?/m1/s1. The molecule has 5 atom stereocenters. The highest BCUT2D eigenvalue weighted by Gasteiger charge is 2.53. The third kappa shape index (κ3) is 4.12. The Bertz CT molecular complexity index is 622. The van der Waals surface area contributed by atoms with Crippen LogP contribution in [0.3, 0.4) is 0 Å². The predicted molar refractivity (Wildman–Crippen MR) is 91.4 cm³/mol. The number of nitrogens with zero attached hydrogens (tertiary/aromatic N) is 2. The Morgan fingerprint density at radius 1 is 1.12 bits per heavy atom. The van der Waals surface area contributed by atoms with Crippen molar-refractivity contribution in [1.82, 2.24) is 4.90 Å². The molecule has 3 heterocycles. The van der Waals surface area contributed by atoms with E-state index in [1.165, 1.54) is 32.5 Å². The molecule has 0 bridgehead atoms. The highest BCUT2D eigenvalue weighted by molar-refractivity contribution is 8.14. The van der Waals surface area contributed by atoms with E-state index in [9.17, 15) is 14.4 Å². The number of fused-ring (bicyclic) bond motifs is 1. The van der Waals surface area contributed by atoms with E-state index in [1.807, 2.05) is 0 Å². The molecule has 0 amide bonds. The second kappa shape index (κ2) is 7.83. The first kappa shape index (κ1) is 19.0. The molecule has 144 valence electrons. The summed E-state index contributed by atoms with van der Waals surface area (Å²) in [5, 5.41) is 0.832. The van der Waals surface area contributed by atoms with Crippen LogP contribution in [-0.2, 0) is 33.3 Å². The smallest absolute Gasteiger partial charge is 0.303 e. The zero-order chi connectivity index (χ0) is 18.8. The third-order valence-corrected chi connectivity index (χ3v) is 5.47. The highest BCUT2D eigenvalue weighted by Crippen LogP contribution is 2.40. The molecule has 0 aromatic rings. The summed E-state index contributed by atoms with van der Waals surface area (Å²) >= 11 is 1.45. The van der Waals surface area contributed by atoms with Crippen LogP contribution < -0.4 is 0 Å². The number of rotatable bonds is 4. The normalized spacial score (nSPS) is 32.8. The van der Waals surface area contributed by atoms with Gasteiger partial charge in [-0.1, -0.05) is 11.8 Å². The van der Waals surface area contributed by atoms with Crippen LogP contribution in [0.2, 0.25) is 0 Å². The summed E-state index contributed by atoms with van der Waals surface area (Å²) in [7, 11) is 0. The number of likely N-dealkylation sites (tertiary alicyclic amines) is 1. The van der Waals surface area contributed by atoms with Gasteiger partial charge >= 0.3 is 17.9 Å². The fourth-order valence-corrected chi connectivity index (χ4v) is 4.32. The molecule has 2 saturated heterocycles. The molecule has 0 radical (unpaired) electrons. The van der Waals surface area contributed by atoms with Crippen LogP contribution in [0.25, 0.3) is 0 Å². The molecular weight excluding hydrogens is 364 g/mol. The van der Waals surface area contributed by atoms with Gasteiger partial charge in [-0.15, -0.1) is 0 Å². The molecule has 0 aliphatic carbocycles. The number of hydrogen-bond donors (Lipinski definition) is 0. The largest absolute Gasteiger partial charge is 0.463 e. The van der Waals surface area contributed by atoms with Crippen molar-refractivity contribution in [2.45, 2.75) is 57.0 Å². The van der Waals surface area contributed by atoms with Crippen molar-refractivity contribution in [1.29, 1.82) is 0 Å². The van der Waals surface area contributed by atoms with E-state index in [0.29, 0.717) is 0 Å². The van der Waals surface area contributed by atoms with E-state index in [4.69, 9.17) is 18.9 Å². The predicted octanol–water partition coefficient (Wildman–Crippen LogP) is 0.315. The van der Waals surface area contributed by atoms with Gasteiger partial charge in [0.05, 0.1) is 0 Å². The van der Waals surface area contributed by atoms with Gasteiger partial charge in [-0.3, -0.25) is 19.4 Å². The van der Waals surface area contributed by atoms with E-state index >= 15 is 0 Å². The lowest BCUT2D eigenvalue weighted by atomic mass is 9.98. The molecule has 0 aromatic heterocycles. The molecule has 0 aromatic carbocycles. The van der Waals surface area contributed by atoms with Gasteiger partial charge in [0.15, 0.2) is 17.4 Å². The number of esters is 3.